The van der Waals surface area contributed by atoms with E-state index < -0.39 is 17.6 Å². The van der Waals surface area contributed by atoms with Gasteiger partial charge in [-0.25, -0.2) is 9.67 Å². The first kappa shape index (κ1) is 22.1. The molecule has 0 unspecified atom stereocenters. The predicted octanol–water partition coefficient (Wildman–Crippen LogP) is 5.43. The number of rotatable bonds is 6. The Morgan fingerprint density at radius 2 is 1.73 bits per heavy atom. The van der Waals surface area contributed by atoms with Crippen LogP contribution in [0.5, 0.6) is 5.75 Å². The van der Waals surface area contributed by atoms with Crippen molar-refractivity contribution < 1.29 is 22.7 Å². The zero-order valence-electron chi connectivity index (χ0n) is 17.5. The van der Waals surface area contributed by atoms with Gasteiger partial charge < -0.3 is 10.1 Å². The van der Waals surface area contributed by atoms with Crippen LogP contribution in [-0.2, 0) is 12.8 Å². The van der Waals surface area contributed by atoms with Gasteiger partial charge in [0.2, 0.25) is 0 Å². The Labute approximate surface area is 187 Å². The number of carbonyl (C=O) groups is 1. The normalized spacial score (nSPS) is 11.3. The third-order valence-electron chi connectivity index (χ3n) is 4.91. The standard InChI is InChI=1S/C24H19F3N4O2/c1-16-21(14-29-31(16)22-12-7-18(13-28-22)24(25,26)27)23(32)30-19-8-10-20(11-9-19)33-15-17-5-3-2-4-6-17/h2-14H,15H2,1H3,(H,30,32). The number of hydrogen-bond donors (Lipinski definition) is 1. The highest BCUT2D eigenvalue weighted by atomic mass is 19.4. The summed E-state index contributed by atoms with van der Waals surface area (Å²) in [6.45, 7) is 2.07. The molecule has 2 heterocycles. The van der Waals surface area contributed by atoms with Gasteiger partial charge in [-0.1, -0.05) is 30.3 Å². The average Bonchev–Trinajstić information content (AvgIpc) is 3.20. The Bertz CT molecular complexity index is 1240. The molecule has 1 N–H and O–H groups in total. The molecular formula is C24H19F3N4O2. The Balaban J connectivity index is 1.41. The predicted molar refractivity (Wildman–Crippen MR) is 116 cm³/mol. The number of halogens is 3. The summed E-state index contributed by atoms with van der Waals surface area (Å²) < 4.78 is 45.3. The molecule has 0 aliphatic carbocycles. The molecule has 0 saturated heterocycles. The minimum atomic E-state index is -4.47. The average molecular weight is 452 g/mol. The van der Waals surface area contributed by atoms with Gasteiger partial charge >= 0.3 is 6.18 Å². The second kappa shape index (κ2) is 9.15. The molecule has 4 rings (SSSR count). The van der Waals surface area contributed by atoms with Crippen LogP contribution < -0.4 is 10.1 Å². The second-order valence-corrected chi connectivity index (χ2v) is 7.21. The molecule has 1 amide bonds. The highest BCUT2D eigenvalue weighted by molar-refractivity contribution is 6.05. The molecule has 4 aromatic rings. The Kier molecular flexibility index (Phi) is 6.12. The van der Waals surface area contributed by atoms with E-state index in [1.807, 2.05) is 30.3 Å². The molecule has 0 atom stereocenters. The Morgan fingerprint density at radius 3 is 2.36 bits per heavy atom. The van der Waals surface area contributed by atoms with Crippen LogP contribution in [0.2, 0.25) is 0 Å². The molecule has 0 saturated carbocycles. The number of nitrogens with one attached hydrogen (secondary N) is 1. The number of alkyl halides is 3. The number of hydrogen-bond acceptors (Lipinski definition) is 4. The topological polar surface area (TPSA) is 69.0 Å². The quantitative estimate of drug-likeness (QED) is 0.424. The maximum absolute atomic E-state index is 12.7. The molecule has 0 spiro atoms. The lowest BCUT2D eigenvalue weighted by atomic mass is 10.2. The van der Waals surface area contributed by atoms with Crippen molar-refractivity contribution >= 4 is 11.6 Å². The van der Waals surface area contributed by atoms with Gasteiger partial charge in [0.1, 0.15) is 12.4 Å². The Hall–Kier alpha value is -4.14. The van der Waals surface area contributed by atoms with Crippen molar-refractivity contribution in [2.45, 2.75) is 19.7 Å². The summed E-state index contributed by atoms with van der Waals surface area (Å²) in [5.74, 6) is 0.442. The summed E-state index contributed by atoms with van der Waals surface area (Å²) >= 11 is 0. The molecule has 0 bridgehead atoms. The fraction of sp³-hybridized carbons (Fsp3) is 0.125. The minimum absolute atomic E-state index is 0.180. The largest absolute Gasteiger partial charge is 0.489 e. The van der Waals surface area contributed by atoms with Gasteiger partial charge in [-0.2, -0.15) is 18.3 Å². The van der Waals surface area contributed by atoms with Crippen molar-refractivity contribution in [3.8, 4) is 11.6 Å². The second-order valence-electron chi connectivity index (χ2n) is 7.21. The van der Waals surface area contributed by atoms with Crippen LogP contribution in [0.25, 0.3) is 5.82 Å². The molecule has 0 radical (unpaired) electrons. The first-order valence-electron chi connectivity index (χ1n) is 9.97. The van der Waals surface area contributed by atoms with Crippen molar-refractivity contribution in [2.75, 3.05) is 5.32 Å². The zero-order valence-corrected chi connectivity index (χ0v) is 17.5. The van der Waals surface area contributed by atoms with Crippen LogP contribution in [0.15, 0.2) is 79.1 Å². The number of anilines is 1. The van der Waals surface area contributed by atoms with Crippen LogP contribution in [0, 0.1) is 6.92 Å². The lowest BCUT2D eigenvalue weighted by Crippen LogP contribution is -2.13. The van der Waals surface area contributed by atoms with Gasteiger partial charge in [-0.15, -0.1) is 0 Å². The van der Waals surface area contributed by atoms with Crippen molar-refractivity contribution in [1.82, 2.24) is 14.8 Å². The van der Waals surface area contributed by atoms with Crippen molar-refractivity contribution in [2.24, 2.45) is 0 Å². The molecule has 2 aromatic heterocycles. The third kappa shape index (κ3) is 5.20. The van der Waals surface area contributed by atoms with Gasteiger partial charge in [0.15, 0.2) is 5.82 Å². The number of ether oxygens (including phenoxy) is 1. The monoisotopic (exact) mass is 452 g/mol. The van der Waals surface area contributed by atoms with Crippen LogP contribution in [0.3, 0.4) is 0 Å². The van der Waals surface area contributed by atoms with Gasteiger partial charge in [0, 0.05) is 11.9 Å². The maximum Gasteiger partial charge on any atom is 0.417 e. The summed E-state index contributed by atoms with van der Waals surface area (Å²) in [6.07, 6.45) is -2.39. The fourth-order valence-electron chi connectivity index (χ4n) is 3.12. The van der Waals surface area contributed by atoms with Crippen LogP contribution in [0.1, 0.15) is 27.2 Å². The van der Waals surface area contributed by atoms with E-state index in [2.05, 4.69) is 15.4 Å². The Morgan fingerprint density at radius 1 is 1.00 bits per heavy atom. The summed E-state index contributed by atoms with van der Waals surface area (Å²) in [7, 11) is 0. The number of carbonyl (C=O) groups excluding carboxylic acids is 1. The fourth-order valence-corrected chi connectivity index (χ4v) is 3.12. The van der Waals surface area contributed by atoms with Crippen molar-refractivity contribution in [3.05, 3.63) is 102 Å². The molecular weight excluding hydrogens is 433 g/mol. The summed E-state index contributed by atoms with van der Waals surface area (Å²) in [6, 6.07) is 18.8. The zero-order chi connectivity index (χ0) is 23.4. The van der Waals surface area contributed by atoms with E-state index >= 15 is 0 Å². The summed E-state index contributed by atoms with van der Waals surface area (Å²) in [4.78, 5) is 16.5. The van der Waals surface area contributed by atoms with Crippen LogP contribution in [-0.4, -0.2) is 20.7 Å². The maximum atomic E-state index is 12.7. The number of amides is 1. The molecule has 33 heavy (non-hydrogen) atoms. The summed E-state index contributed by atoms with van der Waals surface area (Å²) in [5, 5.41) is 6.88. The van der Waals surface area contributed by atoms with Gasteiger partial charge in [-0.3, -0.25) is 4.79 Å². The molecule has 2 aromatic carbocycles. The van der Waals surface area contributed by atoms with E-state index in [-0.39, 0.29) is 11.4 Å². The molecule has 0 aliphatic heterocycles. The van der Waals surface area contributed by atoms with Crippen LogP contribution >= 0.6 is 0 Å². The van der Waals surface area contributed by atoms with E-state index in [0.717, 1.165) is 17.8 Å². The molecule has 0 fully saturated rings. The highest BCUT2D eigenvalue weighted by Crippen LogP contribution is 2.29. The van der Waals surface area contributed by atoms with Crippen LogP contribution in [0.4, 0.5) is 18.9 Å². The summed E-state index contributed by atoms with van der Waals surface area (Å²) in [5.41, 5.74) is 1.48. The van der Waals surface area contributed by atoms with E-state index in [9.17, 15) is 18.0 Å². The van der Waals surface area contributed by atoms with E-state index in [1.54, 1.807) is 31.2 Å². The van der Waals surface area contributed by atoms with Crippen molar-refractivity contribution in [3.63, 3.8) is 0 Å². The third-order valence-corrected chi connectivity index (χ3v) is 4.91. The lowest BCUT2D eigenvalue weighted by Gasteiger charge is -2.09. The van der Waals surface area contributed by atoms with E-state index in [4.69, 9.17) is 4.74 Å². The minimum Gasteiger partial charge on any atom is -0.489 e. The number of aromatic nitrogens is 3. The molecule has 0 aliphatic rings. The van der Waals surface area contributed by atoms with Gasteiger partial charge in [0.05, 0.1) is 23.0 Å². The van der Waals surface area contributed by atoms with Crippen molar-refractivity contribution in [1.29, 1.82) is 0 Å². The SMILES string of the molecule is Cc1c(C(=O)Nc2ccc(OCc3ccccc3)cc2)cnn1-c1ccc(C(F)(F)F)cn1. The molecule has 168 valence electrons. The number of pyridine rings is 1. The lowest BCUT2D eigenvalue weighted by molar-refractivity contribution is -0.137. The van der Waals surface area contributed by atoms with Gasteiger partial charge in [-0.05, 0) is 48.9 Å². The number of benzene rings is 2. The first-order chi connectivity index (χ1) is 15.8. The molecule has 6 nitrogen and oxygen atoms in total. The van der Waals surface area contributed by atoms with E-state index in [0.29, 0.717) is 23.7 Å². The first-order valence-corrected chi connectivity index (χ1v) is 9.97. The van der Waals surface area contributed by atoms with Gasteiger partial charge in [0.25, 0.3) is 5.91 Å². The van der Waals surface area contributed by atoms with E-state index in [1.165, 1.54) is 16.9 Å². The molecule has 9 heteroatoms. The smallest absolute Gasteiger partial charge is 0.417 e. The highest BCUT2D eigenvalue weighted by Gasteiger charge is 2.30. The number of nitrogens with zero attached hydrogens (tertiary/aromatic N) is 3.